The molecule has 0 saturated heterocycles. The Kier molecular flexibility index (Phi) is 7.53. The minimum Gasteiger partial charge on any atom is -0.493 e. The molecule has 2 amide bonds. The normalized spacial score (nSPS) is 15.8. The predicted octanol–water partition coefficient (Wildman–Crippen LogP) is 5.16. The van der Waals surface area contributed by atoms with Gasteiger partial charge in [-0.3, -0.25) is 0 Å². The third-order valence-electron chi connectivity index (χ3n) is 4.79. The van der Waals surface area contributed by atoms with E-state index in [1.165, 1.54) is 7.11 Å². The fraction of sp³-hybridized carbons (Fsp3) is 0.304. The Morgan fingerprint density at radius 1 is 1.12 bits per heavy atom. The fourth-order valence-electron chi connectivity index (χ4n) is 3.37. The average molecular weight is 479 g/mol. The van der Waals surface area contributed by atoms with Gasteiger partial charge < -0.3 is 24.8 Å². The van der Waals surface area contributed by atoms with Crippen LogP contribution < -0.4 is 20.1 Å². The maximum Gasteiger partial charge on any atom is 0.338 e. The van der Waals surface area contributed by atoms with Gasteiger partial charge in [0.25, 0.3) is 0 Å². The van der Waals surface area contributed by atoms with E-state index in [9.17, 15) is 9.59 Å². The van der Waals surface area contributed by atoms with Crippen LogP contribution in [0.4, 0.5) is 4.79 Å². The quantitative estimate of drug-likeness (QED) is 0.536. The smallest absolute Gasteiger partial charge is 0.338 e. The zero-order chi connectivity index (χ0) is 23.4. The first kappa shape index (κ1) is 23.8. The van der Waals surface area contributed by atoms with Crippen LogP contribution in [-0.2, 0) is 16.1 Å². The molecule has 3 rings (SSSR count). The number of urea groups is 1. The lowest BCUT2D eigenvalue weighted by molar-refractivity contribution is -0.143. The number of ether oxygens (including phenoxy) is 3. The molecule has 0 aromatic heterocycles. The van der Waals surface area contributed by atoms with Crippen molar-refractivity contribution in [2.45, 2.75) is 39.5 Å². The second kappa shape index (κ2) is 10.1. The van der Waals surface area contributed by atoms with Gasteiger partial charge in [-0.15, -0.1) is 0 Å². The molecular weight excluding hydrogens is 455 g/mol. The van der Waals surface area contributed by atoms with Crippen LogP contribution in [0.5, 0.6) is 11.5 Å². The number of nitrogens with one attached hydrogen (secondary N) is 2. The monoisotopic (exact) mass is 478 g/mol. The van der Waals surface area contributed by atoms with E-state index in [1.54, 1.807) is 57.2 Å². The highest BCUT2D eigenvalue weighted by Gasteiger charge is 2.35. The summed E-state index contributed by atoms with van der Waals surface area (Å²) in [5.74, 6) is 0.228. The van der Waals surface area contributed by atoms with Gasteiger partial charge in [-0.2, -0.15) is 0 Å². The first-order valence-corrected chi connectivity index (χ1v) is 10.7. The molecule has 1 aliphatic rings. The SMILES string of the molecule is COc1cccc(C2NC(=O)NC(C)=C2C(=O)OC(C)C)c1OCc1c(Cl)cccc1Cl. The fourth-order valence-corrected chi connectivity index (χ4v) is 3.87. The van der Waals surface area contributed by atoms with Crippen molar-refractivity contribution in [1.82, 2.24) is 10.6 Å². The van der Waals surface area contributed by atoms with Gasteiger partial charge in [0, 0.05) is 26.9 Å². The summed E-state index contributed by atoms with van der Waals surface area (Å²) in [6.45, 7) is 5.21. The third-order valence-corrected chi connectivity index (χ3v) is 5.50. The van der Waals surface area contributed by atoms with Crippen LogP contribution in [0.25, 0.3) is 0 Å². The van der Waals surface area contributed by atoms with Gasteiger partial charge in [-0.1, -0.05) is 41.4 Å². The highest BCUT2D eigenvalue weighted by Crippen LogP contribution is 2.40. The number of amides is 2. The standard InChI is InChI=1S/C23H24Cl2N2O5/c1-12(2)32-22(28)19-13(3)26-23(29)27-20(19)14-7-5-10-18(30-4)21(14)31-11-15-16(24)8-6-9-17(15)25/h5-10,12,20H,11H2,1-4H3,(H2,26,27,29). The number of esters is 1. The minimum absolute atomic E-state index is 0.0548. The van der Waals surface area contributed by atoms with Gasteiger partial charge >= 0.3 is 12.0 Å². The topological polar surface area (TPSA) is 85.9 Å². The second-order valence-electron chi connectivity index (χ2n) is 7.39. The zero-order valence-corrected chi connectivity index (χ0v) is 19.6. The van der Waals surface area contributed by atoms with Gasteiger partial charge in [-0.25, -0.2) is 9.59 Å². The molecule has 170 valence electrons. The number of benzene rings is 2. The Hall–Kier alpha value is -2.90. The van der Waals surface area contributed by atoms with Crippen molar-refractivity contribution in [3.8, 4) is 11.5 Å². The summed E-state index contributed by atoms with van der Waals surface area (Å²) in [5.41, 5.74) is 1.80. The van der Waals surface area contributed by atoms with E-state index in [4.69, 9.17) is 37.4 Å². The highest BCUT2D eigenvalue weighted by atomic mass is 35.5. The first-order valence-electron chi connectivity index (χ1n) is 9.94. The van der Waals surface area contributed by atoms with E-state index in [-0.39, 0.29) is 18.3 Å². The average Bonchev–Trinajstić information content (AvgIpc) is 2.72. The van der Waals surface area contributed by atoms with E-state index < -0.39 is 18.0 Å². The summed E-state index contributed by atoms with van der Waals surface area (Å²) in [7, 11) is 1.50. The summed E-state index contributed by atoms with van der Waals surface area (Å²) < 4.78 is 17.0. The van der Waals surface area contributed by atoms with Crippen molar-refractivity contribution in [2.75, 3.05) is 7.11 Å². The van der Waals surface area contributed by atoms with Gasteiger partial charge in [0.2, 0.25) is 0 Å². The predicted molar refractivity (Wildman–Crippen MR) is 122 cm³/mol. The number of hydrogen-bond donors (Lipinski definition) is 2. The molecule has 0 aliphatic carbocycles. The molecule has 2 N–H and O–H groups in total. The lowest BCUT2D eigenvalue weighted by atomic mass is 9.94. The van der Waals surface area contributed by atoms with E-state index in [1.807, 2.05) is 0 Å². The van der Waals surface area contributed by atoms with Crippen LogP contribution in [0.15, 0.2) is 47.7 Å². The Morgan fingerprint density at radius 2 is 1.78 bits per heavy atom. The molecule has 1 atom stereocenters. The van der Waals surface area contributed by atoms with Crippen molar-refractivity contribution in [1.29, 1.82) is 0 Å². The van der Waals surface area contributed by atoms with Crippen LogP contribution >= 0.6 is 23.2 Å². The number of methoxy groups -OCH3 is 1. The molecule has 2 aromatic carbocycles. The van der Waals surface area contributed by atoms with Crippen molar-refractivity contribution >= 4 is 35.2 Å². The molecule has 9 heteroatoms. The highest BCUT2D eigenvalue weighted by molar-refractivity contribution is 6.35. The van der Waals surface area contributed by atoms with Gasteiger partial charge in [0.15, 0.2) is 11.5 Å². The van der Waals surface area contributed by atoms with E-state index in [2.05, 4.69) is 10.6 Å². The number of halogens is 2. The molecule has 1 heterocycles. The van der Waals surface area contributed by atoms with E-state index in [0.717, 1.165) is 0 Å². The maximum absolute atomic E-state index is 12.9. The summed E-state index contributed by atoms with van der Waals surface area (Å²) in [6.07, 6.45) is -0.329. The number of rotatable bonds is 7. The van der Waals surface area contributed by atoms with Gasteiger partial charge in [0.1, 0.15) is 6.61 Å². The number of carbonyl (C=O) groups is 2. The number of hydrogen-bond acceptors (Lipinski definition) is 5. The molecule has 32 heavy (non-hydrogen) atoms. The summed E-state index contributed by atoms with van der Waals surface area (Å²) in [4.78, 5) is 25.1. The third kappa shape index (κ3) is 5.11. The summed E-state index contributed by atoms with van der Waals surface area (Å²) in [6, 6.07) is 9.13. The molecule has 0 bridgehead atoms. The largest absolute Gasteiger partial charge is 0.493 e. The molecule has 1 aliphatic heterocycles. The number of allylic oxidation sites excluding steroid dienone is 1. The van der Waals surface area contributed by atoms with E-state index >= 15 is 0 Å². The Labute approximate surface area is 196 Å². The molecule has 0 saturated carbocycles. The van der Waals surface area contributed by atoms with Crippen molar-refractivity contribution in [2.24, 2.45) is 0 Å². The molecule has 1 unspecified atom stereocenters. The molecular formula is C23H24Cl2N2O5. The number of carbonyl (C=O) groups excluding carboxylic acids is 2. The van der Waals surface area contributed by atoms with Crippen molar-refractivity contribution < 1.29 is 23.8 Å². The van der Waals surface area contributed by atoms with Gasteiger partial charge in [0.05, 0.1) is 24.8 Å². The molecule has 0 radical (unpaired) electrons. The maximum atomic E-state index is 12.9. The molecule has 0 fully saturated rings. The first-order chi connectivity index (χ1) is 15.2. The van der Waals surface area contributed by atoms with Crippen molar-refractivity contribution in [3.63, 3.8) is 0 Å². The Balaban J connectivity index is 2.05. The zero-order valence-electron chi connectivity index (χ0n) is 18.1. The van der Waals surface area contributed by atoms with Gasteiger partial charge in [-0.05, 0) is 39.0 Å². The Bertz CT molecular complexity index is 1050. The molecule has 2 aromatic rings. The van der Waals surface area contributed by atoms with Crippen LogP contribution in [0, 0.1) is 0 Å². The van der Waals surface area contributed by atoms with Crippen LogP contribution in [0.2, 0.25) is 10.0 Å². The Morgan fingerprint density at radius 3 is 2.41 bits per heavy atom. The van der Waals surface area contributed by atoms with Crippen LogP contribution in [0.3, 0.4) is 0 Å². The summed E-state index contributed by atoms with van der Waals surface area (Å²) >= 11 is 12.6. The van der Waals surface area contributed by atoms with Crippen molar-refractivity contribution in [3.05, 3.63) is 68.8 Å². The van der Waals surface area contributed by atoms with Crippen LogP contribution in [0.1, 0.15) is 37.9 Å². The second-order valence-corrected chi connectivity index (χ2v) is 8.21. The lowest BCUT2D eigenvalue weighted by Gasteiger charge is -2.30. The lowest BCUT2D eigenvalue weighted by Crippen LogP contribution is -2.45. The molecule has 7 nitrogen and oxygen atoms in total. The number of para-hydroxylation sites is 1. The minimum atomic E-state index is -0.818. The van der Waals surface area contributed by atoms with E-state index in [0.29, 0.717) is 38.4 Å². The molecule has 0 spiro atoms. The summed E-state index contributed by atoms with van der Waals surface area (Å²) in [5, 5.41) is 6.33. The van der Waals surface area contributed by atoms with Crippen LogP contribution in [-0.4, -0.2) is 25.2 Å².